The predicted octanol–water partition coefficient (Wildman–Crippen LogP) is 4.80. The lowest BCUT2D eigenvalue weighted by atomic mass is 9.66. The number of nitrogens with zero attached hydrogens (tertiary/aromatic N) is 2. The summed E-state index contributed by atoms with van der Waals surface area (Å²) in [6.45, 7) is 9.30. The minimum absolute atomic E-state index is 0.0406. The number of likely N-dealkylation sites (tertiary alicyclic amines) is 1. The van der Waals surface area contributed by atoms with Gasteiger partial charge in [0, 0.05) is 11.3 Å². The zero-order chi connectivity index (χ0) is 28.7. The molecule has 0 aliphatic carbocycles. The number of para-hydroxylation sites is 1. The molecule has 3 aliphatic rings. The van der Waals surface area contributed by atoms with Gasteiger partial charge < -0.3 is 19.6 Å². The van der Waals surface area contributed by atoms with Crippen molar-refractivity contribution >= 4 is 46.8 Å². The molecule has 3 heterocycles. The summed E-state index contributed by atoms with van der Waals surface area (Å²) in [6.07, 6.45) is 4.34. The maximum Gasteiger partial charge on any atom is 0.311 e. The molecule has 210 valence electrons. The highest BCUT2D eigenvalue weighted by molar-refractivity contribution is 8.02. The number of carbonyl (C=O) groups is 3. The number of fused-ring (bicyclic) bond motifs is 1. The van der Waals surface area contributed by atoms with Crippen molar-refractivity contribution in [2.45, 2.75) is 41.3 Å². The molecule has 40 heavy (non-hydrogen) atoms. The minimum Gasteiger partial charge on any atom is -0.461 e. The number of benzene rings is 2. The first-order valence-electron chi connectivity index (χ1n) is 13.4. The number of ether oxygens (including phenoxy) is 1. The lowest BCUT2D eigenvalue weighted by molar-refractivity contribution is -0.155. The van der Waals surface area contributed by atoms with Crippen molar-refractivity contribution in [1.29, 1.82) is 0 Å². The van der Waals surface area contributed by atoms with Gasteiger partial charge in [-0.25, -0.2) is 0 Å². The Balaban J connectivity index is 1.67. The van der Waals surface area contributed by atoms with Gasteiger partial charge in [0.1, 0.15) is 12.6 Å². The van der Waals surface area contributed by atoms with Crippen molar-refractivity contribution < 1.29 is 24.2 Å². The Bertz CT molecular complexity index is 1340. The maximum absolute atomic E-state index is 14.8. The Kier molecular flexibility index (Phi) is 7.88. The third-order valence-electron chi connectivity index (χ3n) is 8.46. The molecule has 3 aliphatic heterocycles. The van der Waals surface area contributed by atoms with Crippen LogP contribution in [0.2, 0.25) is 5.02 Å². The van der Waals surface area contributed by atoms with Gasteiger partial charge in [-0.1, -0.05) is 72.8 Å². The SMILES string of the molecule is C=CCOC(=O)[C@@H]1[C@H]2C(=O)N([C@H](CO)c3ccccc3)C(C(=O)N(CC=C)c3ccccc3Cl)C23CC[C@@]1(C)S3. The zero-order valence-corrected chi connectivity index (χ0v) is 23.9. The first-order valence-corrected chi connectivity index (χ1v) is 14.6. The Labute approximate surface area is 243 Å². The smallest absolute Gasteiger partial charge is 0.311 e. The number of esters is 1. The molecule has 2 bridgehead atoms. The fraction of sp³-hybridized carbons (Fsp3) is 0.387. The number of hydrogen-bond donors (Lipinski definition) is 1. The topological polar surface area (TPSA) is 87.1 Å². The van der Waals surface area contributed by atoms with Crippen LogP contribution < -0.4 is 4.90 Å². The lowest BCUT2D eigenvalue weighted by Gasteiger charge is -2.40. The van der Waals surface area contributed by atoms with Crippen LogP contribution in [0.1, 0.15) is 31.4 Å². The van der Waals surface area contributed by atoms with Crippen molar-refractivity contribution in [2.75, 3.05) is 24.7 Å². The van der Waals surface area contributed by atoms with Crippen LogP contribution in [0.3, 0.4) is 0 Å². The number of carbonyl (C=O) groups excluding carboxylic acids is 3. The van der Waals surface area contributed by atoms with Crippen molar-refractivity contribution in [3.05, 3.63) is 90.5 Å². The van der Waals surface area contributed by atoms with E-state index in [1.165, 1.54) is 11.0 Å². The normalized spacial score (nSPS) is 29.1. The van der Waals surface area contributed by atoms with E-state index >= 15 is 0 Å². The highest BCUT2D eigenvalue weighted by Crippen LogP contribution is 2.72. The second-order valence-electron chi connectivity index (χ2n) is 10.7. The number of rotatable bonds is 10. The summed E-state index contributed by atoms with van der Waals surface area (Å²) < 4.78 is 4.05. The molecule has 1 spiro atoms. The maximum atomic E-state index is 14.8. The monoisotopic (exact) mass is 580 g/mol. The highest BCUT2D eigenvalue weighted by atomic mass is 35.5. The highest BCUT2D eigenvalue weighted by Gasteiger charge is 2.78. The molecule has 6 atom stereocenters. The summed E-state index contributed by atoms with van der Waals surface area (Å²) in [4.78, 5) is 45.8. The summed E-state index contributed by atoms with van der Waals surface area (Å²) >= 11 is 8.10. The Hall–Kier alpha value is -3.07. The molecule has 2 aromatic carbocycles. The van der Waals surface area contributed by atoms with E-state index in [0.29, 0.717) is 29.1 Å². The molecule has 0 aromatic heterocycles. The van der Waals surface area contributed by atoms with Crippen LogP contribution in [0.4, 0.5) is 5.69 Å². The van der Waals surface area contributed by atoms with E-state index in [0.717, 1.165) is 0 Å². The molecular formula is C31H33ClN2O5S. The van der Waals surface area contributed by atoms with Crippen LogP contribution in [0.25, 0.3) is 0 Å². The van der Waals surface area contributed by atoms with Gasteiger partial charge in [-0.3, -0.25) is 14.4 Å². The third kappa shape index (κ3) is 4.37. The number of hydrogen-bond acceptors (Lipinski definition) is 6. The number of halogens is 1. The molecule has 7 nitrogen and oxygen atoms in total. The predicted molar refractivity (Wildman–Crippen MR) is 157 cm³/mol. The number of aliphatic hydroxyl groups is 1. The van der Waals surface area contributed by atoms with Gasteiger partial charge in [-0.2, -0.15) is 0 Å². The second-order valence-corrected chi connectivity index (χ2v) is 13.0. The molecule has 2 unspecified atom stereocenters. The second kappa shape index (κ2) is 11.1. The van der Waals surface area contributed by atoms with Gasteiger partial charge in [0.05, 0.1) is 39.9 Å². The fourth-order valence-corrected chi connectivity index (χ4v) is 9.41. The van der Waals surface area contributed by atoms with Gasteiger partial charge in [0.15, 0.2) is 0 Å². The van der Waals surface area contributed by atoms with Crippen LogP contribution in [-0.2, 0) is 19.1 Å². The summed E-state index contributed by atoms with van der Waals surface area (Å²) in [7, 11) is 0. The first-order chi connectivity index (χ1) is 19.2. The van der Waals surface area contributed by atoms with E-state index in [4.69, 9.17) is 16.3 Å². The lowest BCUT2D eigenvalue weighted by Crippen LogP contribution is -2.56. The summed E-state index contributed by atoms with van der Waals surface area (Å²) in [5.41, 5.74) is 1.21. The van der Waals surface area contributed by atoms with Crippen LogP contribution in [0.15, 0.2) is 79.9 Å². The minimum atomic E-state index is -0.956. The fourth-order valence-electron chi connectivity index (χ4n) is 6.85. The number of anilines is 1. The van der Waals surface area contributed by atoms with Crippen molar-refractivity contribution in [3.63, 3.8) is 0 Å². The largest absolute Gasteiger partial charge is 0.461 e. The molecule has 2 amide bonds. The molecule has 0 radical (unpaired) electrons. The van der Waals surface area contributed by atoms with Crippen molar-refractivity contribution in [2.24, 2.45) is 11.8 Å². The molecule has 0 saturated carbocycles. The van der Waals surface area contributed by atoms with Crippen LogP contribution in [-0.4, -0.2) is 63.1 Å². The number of thioether (sulfide) groups is 1. The van der Waals surface area contributed by atoms with E-state index in [1.54, 1.807) is 47.0 Å². The van der Waals surface area contributed by atoms with Crippen molar-refractivity contribution in [1.82, 2.24) is 4.90 Å². The Morgan fingerprint density at radius 2 is 1.88 bits per heavy atom. The molecule has 9 heteroatoms. The average Bonchev–Trinajstić information content (AvgIpc) is 3.52. The van der Waals surface area contributed by atoms with E-state index in [9.17, 15) is 19.5 Å². The number of aliphatic hydroxyl groups excluding tert-OH is 1. The average molecular weight is 581 g/mol. The van der Waals surface area contributed by atoms with Crippen molar-refractivity contribution in [3.8, 4) is 0 Å². The molecule has 1 N–H and O–H groups in total. The Morgan fingerprint density at radius 1 is 1.18 bits per heavy atom. The molecule has 5 rings (SSSR count). The quantitative estimate of drug-likeness (QED) is 0.321. The van der Waals surface area contributed by atoms with E-state index < -0.39 is 39.4 Å². The zero-order valence-electron chi connectivity index (χ0n) is 22.4. The molecule has 3 saturated heterocycles. The van der Waals surface area contributed by atoms with Gasteiger partial charge in [0.2, 0.25) is 5.91 Å². The van der Waals surface area contributed by atoms with Crippen LogP contribution in [0.5, 0.6) is 0 Å². The summed E-state index contributed by atoms with van der Waals surface area (Å²) in [5.74, 6) is -2.62. The van der Waals surface area contributed by atoms with Gasteiger partial charge in [-0.05, 0) is 37.5 Å². The Morgan fingerprint density at radius 3 is 2.52 bits per heavy atom. The molecular weight excluding hydrogens is 548 g/mol. The van der Waals surface area contributed by atoms with E-state index in [-0.39, 0.29) is 31.6 Å². The summed E-state index contributed by atoms with van der Waals surface area (Å²) in [5, 5.41) is 11.1. The van der Waals surface area contributed by atoms with Gasteiger partial charge >= 0.3 is 5.97 Å². The molecule has 2 aromatic rings. The van der Waals surface area contributed by atoms with E-state index in [2.05, 4.69) is 13.2 Å². The summed E-state index contributed by atoms with van der Waals surface area (Å²) in [6, 6.07) is 14.5. The van der Waals surface area contributed by atoms with Gasteiger partial charge in [0.25, 0.3) is 5.91 Å². The molecule has 3 fully saturated rings. The standard InChI is InChI=1S/C31H33ClN2O5S/c1-4-17-33(22-14-10-9-13-21(22)32)28(37)26-31-16-15-30(3,40-31)25(29(38)39-18-5-2)24(31)27(36)34(26)23(19-35)20-11-7-6-8-12-20/h4-14,23-26,35H,1-2,15-19H2,3H3/t23-,24+,25+,26?,30-,31?/m1/s1. The van der Waals surface area contributed by atoms with Crippen LogP contribution >= 0.6 is 23.4 Å². The first kappa shape index (κ1) is 28.5. The number of amides is 2. The van der Waals surface area contributed by atoms with Crippen LogP contribution in [0, 0.1) is 11.8 Å². The van der Waals surface area contributed by atoms with Gasteiger partial charge in [-0.15, -0.1) is 18.3 Å². The third-order valence-corrected chi connectivity index (χ3v) is 10.8. The van der Waals surface area contributed by atoms with E-state index in [1.807, 2.05) is 37.3 Å².